The van der Waals surface area contributed by atoms with Crippen LogP contribution in [0.4, 0.5) is 0 Å². The van der Waals surface area contributed by atoms with E-state index < -0.39 is 0 Å². The smallest absolute Gasteiger partial charge is 0.118 e. The van der Waals surface area contributed by atoms with Crippen LogP contribution in [0.3, 0.4) is 0 Å². The van der Waals surface area contributed by atoms with E-state index in [2.05, 4.69) is 41.7 Å². The Bertz CT molecular complexity index is 562. The number of aryl methyl sites for hydroxylation is 1. The second-order valence-electron chi connectivity index (χ2n) is 5.44. The molecule has 0 saturated carbocycles. The van der Waals surface area contributed by atoms with Gasteiger partial charge < -0.3 is 10.1 Å². The lowest BCUT2D eigenvalue weighted by molar-refractivity contribution is 0.414. The Labute approximate surface area is 120 Å². The van der Waals surface area contributed by atoms with Crippen molar-refractivity contribution in [2.45, 2.75) is 31.8 Å². The summed E-state index contributed by atoms with van der Waals surface area (Å²) in [6.45, 7) is 0.927. The Morgan fingerprint density at radius 1 is 1.05 bits per heavy atom. The Hall–Kier alpha value is -1.80. The molecule has 2 aromatic rings. The van der Waals surface area contributed by atoms with Crippen LogP contribution >= 0.6 is 0 Å². The summed E-state index contributed by atoms with van der Waals surface area (Å²) in [5.41, 5.74) is 4.34. The van der Waals surface area contributed by atoms with Crippen LogP contribution in [0.2, 0.25) is 0 Å². The minimum Gasteiger partial charge on any atom is -0.497 e. The number of fused-ring (bicyclic) bond motifs is 1. The third-order valence-electron chi connectivity index (χ3n) is 4.10. The Morgan fingerprint density at radius 2 is 1.80 bits per heavy atom. The van der Waals surface area contributed by atoms with E-state index in [4.69, 9.17) is 4.74 Å². The molecule has 0 amide bonds. The third kappa shape index (κ3) is 3.02. The van der Waals surface area contributed by atoms with Crippen LogP contribution in [-0.4, -0.2) is 13.2 Å². The van der Waals surface area contributed by atoms with E-state index in [0.29, 0.717) is 6.04 Å². The van der Waals surface area contributed by atoms with Crippen LogP contribution in [0.25, 0.3) is 0 Å². The zero-order valence-electron chi connectivity index (χ0n) is 11.9. The van der Waals surface area contributed by atoms with Gasteiger partial charge in [-0.15, -0.1) is 0 Å². The average Bonchev–Trinajstić information content (AvgIpc) is 2.53. The van der Waals surface area contributed by atoms with Crippen LogP contribution in [0.15, 0.2) is 48.5 Å². The van der Waals surface area contributed by atoms with Gasteiger partial charge in [0.2, 0.25) is 0 Å². The number of rotatable bonds is 4. The van der Waals surface area contributed by atoms with Gasteiger partial charge in [-0.3, -0.25) is 0 Å². The van der Waals surface area contributed by atoms with Crippen molar-refractivity contribution in [3.05, 3.63) is 65.2 Å². The first-order valence-electron chi connectivity index (χ1n) is 7.28. The standard InChI is InChI=1S/C18H21NO/c1-20-18-10-6-14(7-11-18)13-19-17-9-8-15-4-2-3-5-16(15)12-17/h2-7,10-11,17,19H,8-9,12-13H2,1H3/t17-/m0/s1. The first-order chi connectivity index (χ1) is 9.85. The molecule has 0 radical (unpaired) electrons. The summed E-state index contributed by atoms with van der Waals surface area (Å²) >= 11 is 0. The van der Waals surface area contributed by atoms with E-state index in [9.17, 15) is 0 Å². The fraction of sp³-hybridized carbons (Fsp3) is 0.333. The molecule has 1 atom stereocenters. The zero-order chi connectivity index (χ0) is 13.8. The molecule has 0 saturated heterocycles. The van der Waals surface area contributed by atoms with Gasteiger partial charge in [0.25, 0.3) is 0 Å². The second-order valence-corrected chi connectivity index (χ2v) is 5.44. The van der Waals surface area contributed by atoms with Crippen molar-refractivity contribution in [3.8, 4) is 5.75 Å². The SMILES string of the molecule is COc1ccc(CN[C@H]2CCc3ccccc3C2)cc1. The fourth-order valence-electron chi connectivity index (χ4n) is 2.88. The summed E-state index contributed by atoms with van der Waals surface area (Å²) < 4.78 is 5.18. The molecule has 1 aliphatic rings. The van der Waals surface area contributed by atoms with Gasteiger partial charge in [0, 0.05) is 12.6 Å². The van der Waals surface area contributed by atoms with E-state index >= 15 is 0 Å². The number of methoxy groups -OCH3 is 1. The second kappa shape index (κ2) is 6.10. The molecule has 0 fully saturated rings. The number of benzene rings is 2. The number of hydrogen-bond acceptors (Lipinski definition) is 2. The van der Waals surface area contributed by atoms with Crippen molar-refractivity contribution in [2.24, 2.45) is 0 Å². The molecule has 1 N–H and O–H groups in total. The lowest BCUT2D eigenvalue weighted by Crippen LogP contribution is -2.34. The van der Waals surface area contributed by atoms with Crippen LogP contribution in [0.1, 0.15) is 23.1 Å². The molecular weight excluding hydrogens is 246 g/mol. The summed E-state index contributed by atoms with van der Waals surface area (Å²) in [7, 11) is 1.70. The van der Waals surface area contributed by atoms with Gasteiger partial charge in [0.15, 0.2) is 0 Å². The highest BCUT2D eigenvalue weighted by Gasteiger charge is 2.17. The molecule has 0 unspecified atom stereocenters. The van der Waals surface area contributed by atoms with Crippen molar-refractivity contribution < 1.29 is 4.74 Å². The molecule has 0 aromatic heterocycles. The predicted molar refractivity (Wildman–Crippen MR) is 82.1 cm³/mol. The van der Waals surface area contributed by atoms with Crippen molar-refractivity contribution in [1.29, 1.82) is 0 Å². The highest BCUT2D eigenvalue weighted by Crippen LogP contribution is 2.21. The quantitative estimate of drug-likeness (QED) is 0.917. The highest BCUT2D eigenvalue weighted by atomic mass is 16.5. The first kappa shape index (κ1) is 13.2. The average molecular weight is 267 g/mol. The summed E-state index contributed by atoms with van der Waals surface area (Å²) in [6, 6.07) is 17.7. The summed E-state index contributed by atoms with van der Waals surface area (Å²) in [5.74, 6) is 0.917. The first-order valence-corrected chi connectivity index (χ1v) is 7.28. The zero-order valence-corrected chi connectivity index (χ0v) is 11.9. The fourth-order valence-corrected chi connectivity index (χ4v) is 2.88. The molecule has 104 valence electrons. The summed E-state index contributed by atoms with van der Waals surface area (Å²) in [5, 5.41) is 3.68. The van der Waals surface area contributed by atoms with Crippen molar-refractivity contribution in [3.63, 3.8) is 0 Å². The molecule has 2 nitrogen and oxygen atoms in total. The van der Waals surface area contributed by atoms with E-state index in [1.807, 2.05) is 12.1 Å². The molecule has 2 aromatic carbocycles. The van der Waals surface area contributed by atoms with Crippen molar-refractivity contribution >= 4 is 0 Å². The maximum absolute atomic E-state index is 5.18. The van der Waals surface area contributed by atoms with E-state index in [0.717, 1.165) is 18.7 Å². The number of nitrogens with one attached hydrogen (secondary N) is 1. The van der Waals surface area contributed by atoms with Crippen LogP contribution in [-0.2, 0) is 19.4 Å². The van der Waals surface area contributed by atoms with Gasteiger partial charge in [-0.1, -0.05) is 36.4 Å². The van der Waals surface area contributed by atoms with E-state index in [1.54, 1.807) is 7.11 Å². The lowest BCUT2D eigenvalue weighted by atomic mass is 9.88. The predicted octanol–water partition coefficient (Wildman–Crippen LogP) is 3.34. The maximum Gasteiger partial charge on any atom is 0.118 e. The molecule has 0 heterocycles. The largest absolute Gasteiger partial charge is 0.497 e. The normalized spacial score (nSPS) is 17.6. The van der Waals surface area contributed by atoms with Crippen LogP contribution < -0.4 is 10.1 Å². The minimum absolute atomic E-state index is 0.590. The summed E-state index contributed by atoms with van der Waals surface area (Å²) in [4.78, 5) is 0. The van der Waals surface area contributed by atoms with Crippen molar-refractivity contribution in [1.82, 2.24) is 5.32 Å². The molecule has 20 heavy (non-hydrogen) atoms. The van der Waals surface area contributed by atoms with Crippen molar-refractivity contribution in [2.75, 3.05) is 7.11 Å². The highest BCUT2D eigenvalue weighted by molar-refractivity contribution is 5.31. The Balaban J connectivity index is 1.57. The van der Waals surface area contributed by atoms with Gasteiger partial charge in [-0.25, -0.2) is 0 Å². The molecule has 1 aliphatic carbocycles. The lowest BCUT2D eigenvalue weighted by Gasteiger charge is -2.25. The topological polar surface area (TPSA) is 21.3 Å². The minimum atomic E-state index is 0.590. The molecule has 2 heteroatoms. The molecular formula is C18H21NO. The third-order valence-corrected chi connectivity index (χ3v) is 4.10. The number of hydrogen-bond donors (Lipinski definition) is 1. The Morgan fingerprint density at radius 3 is 2.55 bits per heavy atom. The Kier molecular flexibility index (Phi) is 4.03. The maximum atomic E-state index is 5.18. The van der Waals surface area contributed by atoms with Gasteiger partial charge in [-0.2, -0.15) is 0 Å². The van der Waals surface area contributed by atoms with E-state index in [-0.39, 0.29) is 0 Å². The van der Waals surface area contributed by atoms with Crippen LogP contribution in [0, 0.1) is 0 Å². The monoisotopic (exact) mass is 267 g/mol. The summed E-state index contributed by atoms with van der Waals surface area (Å²) in [6.07, 6.45) is 3.57. The molecule has 3 rings (SSSR count). The van der Waals surface area contributed by atoms with Gasteiger partial charge in [0.1, 0.15) is 5.75 Å². The van der Waals surface area contributed by atoms with Crippen LogP contribution in [0.5, 0.6) is 5.75 Å². The molecule has 0 bridgehead atoms. The number of ether oxygens (including phenoxy) is 1. The van der Waals surface area contributed by atoms with Gasteiger partial charge in [0.05, 0.1) is 7.11 Å². The van der Waals surface area contributed by atoms with Gasteiger partial charge >= 0.3 is 0 Å². The van der Waals surface area contributed by atoms with E-state index in [1.165, 1.54) is 29.5 Å². The molecule has 0 aliphatic heterocycles. The molecule has 0 spiro atoms. The van der Waals surface area contributed by atoms with Gasteiger partial charge in [-0.05, 0) is 48.1 Å².